The fourth-order valence-electron chi connectivity index (χ4n) is 3.99. The third-order valence-corrected chi connectivity index (χ3v) is 6.16. The van der Waals surface area contributed by atoms with Gasteiger partial charge in [-0.1, -0.05) is 60.7 Å². The van der Waals surface area contributed by atoms with Crippen LogP contribution in [0.25, 0.3) is 5.70 Å². The van der Waals surface area contributed by atoms with Crippen LogP contribution in [-0.2, 0) is 11.3 Å². The lowest BCUT2D eigenvalue weighted by molar-refractivity contribution is -0.109. The molecule has 2 aliphatic heterocycles. The van der Waals surface area contributed by atoms with Crippen molar-refractivity contribution >= 4 is 23.3 Å². The van der Waals surface area contributed by atoms with Gasteiger partial charge in [0.05, 0.1) is 28.9 Å². The number of nitrogens with zero attached hydrogens (tertiary/aromatic N) is 3. The van der Waals surface area contributed by atoms with Crippen molar-refractivity contribution in [3.05, 3.63) is 106 Å². The summed E-state index contributed by atoms with van der Waals surface area (Å²) in [7, 11) is 0. The van der Waals surface area contributed by atoms with Crippen LogP contribution in [0.5, 0.6) is 0 Å². The van der Waals surface area contributed by atoms with Crippen molar-refractivity contribution in [2.45, 2.75) is 12.6 Å². The Hall–Kier alpha value is -3.22. The quantitative estimate of drug-likeness (QED) is 0.651. The van der Waals surface area contributed by atoms with Gasteiger partial charge in [-0.05, 0) is 17.2 Å². The Morgan fingerprint density at radius 3 is 2.34 bits per heavy atom. The average Bonchev–Trinajstić information content (AvgIpc) is 3.24. The van der Waals surface area contributed by atoms with Gasteiger partial charge in [0.2, 0.25) is 0 Å². The van der Waals surface area contributed by atoms with Crippen LogP contribution in [0.1, 0.15) is 27.7 Å². The molecular weight excluding hydrogens is 382 g/mol. The van der Waals surface area contributed by atoms with Gasteiger partial charge in [-0.25, -0.2) is 4.98 Å². The first-order valence-electron chi connectivity index (χ1n) is 9.43. The van der Waals surface area contributed by atoms with Gasteiger partial charge in [0.25, 0.3) is 0 Å². The zero-order chi connectivity index (χ0) is 19.8. The summed E-state index contributed by atoms with van der Waals surface area (Å²) in [5.41, 5.74) is 5.43. The Labute approximate surface area is 172 Å². The fourth-order valence-corrected chi connectivity index (χ4v) is 4.74. The zero-order valence-corrected chi connectivity index (χ0v) is 16.4. The minimum Gasteiger partial charge on any atom is -0.509 e. The number of thiazole rings is 1. The standard InChI is InChI=1S/C23H19N3O2S/c27-14-18-11-12-25-22(23(18)28)20-19(29-15-24-20)13-26(25)21(16-7-3-1-4-8-16)17-9-5-2-6-10-17/h1-12,14-15,18,21,28H,13H2. The summed E-state index contributed by atoms with van der Waals surface area (Å²) in [6.45, 7) is 0.654. The van der Waals surface area contributed by atoms with E-state index in [0.29, 0.717) is 12.2 Å². The number of benzene rings is 2. The summed E-state index contributed by atoms with van der Waals surface area (Å²) < 4.78 is 0. The first kappa shape index (κ1) is 17.8. The Morgan fingerprint density at radius 1 is 1.07 bits per heavy atom. The fraction of sp³-hybridized carbons (Fsp3) is 0.130. The van der Waals surface area contributed by atoms with E-state index < -0.39 is 5.92 Å². The smallest absolute Gasteiger partial charge is 0.134 e. The number of rotatable bonds is 4. The number of hydrogen-bond donors (Lipinski definition) is 1. The number of carbonyl (C=O) groups excluding carboxylic acids is 1. The molecule has 3 heterocycles. The Bertz CT molecular complexity index is 1050. The summed E-state index contributed by atoms with van der Waals surface area (Å²) >= 11 is 1.57. The molecule has 29 heavy (non-hydrogen) atoms. The second-order valence-corrected chi connectivity index (χ2v) is 7.97. The zero-order valence-electron chi connectivity index (χ0n) is 15.6. The highest BCUT2D eigenvalue weighted by Gasteiger charge is 2.39. The van der Waals surface area contributed by atoms with Gasteiger partial charge in [-0.15, -0.1) is 11.3 Å². The van der Waals surface area contributed by atoms with Gasteiger partial charge in [-0.3, -0.25) is 5.01 Å². The lowest BCUT2D eigenvalue weighted by Gasteiger charge is -2.45. The summed E-state index contributed by atoms with van der Waals surface area (Å²) in [6, 6.07) is 20.6. The molecule has 0 spiro atoms. The van der Waals surface area contributed by atoms with Crippen LogP contribution in [0.3, 0.4) is 0 Å². The van der Waals surface area contributed by atoms with Crippen LogP contribution in [0.15, 0.2) is 84.2 Å². The van der Waals surface area contributed by atoms with Gasteiger partial charge in [0, 0.05) is 6.20 Å². The molecule has 2 aliphatic rings. The lowest BCUT2D eigenvalue weighted by Crippen LogP contribution is -2.45. The first-order valence-corrected chi connectivity index (χ1v) is 10.3. The van der Waals surface area contributed by atoms with E-state index in [2.05, 4.69) is 34.3 Å². The van der Waals surface area contributed by atoms with E-state index in [-0.39, 0.29) is 11.8 Å². The maximum Gasteiger partial charge on any atom is 0.134 e. The van der Waals surface area contributed by atoms with E-state index >= 15 is 0 Å². The topological polar surface area (TPSA) is 56.7 Å². The predicted octanol–water partition coefficient (Wildman–Crippen LogP) is 4.53. The highest BCUT2D eigenvalue weighted by molar-refractivity contribution is 7.09. The number of aliphatic hydroxyl groups is 1. The Balaban J connectivity index is 1.69. The summed E-state index contributed by atoms with van der Waals surface area (Å²) in [5.74, 6) is -0.609. The van der Waals surface area contributed by atoms with Crippen molar-refractivity contribution in [1.29, 1.82) is 0 Å². The van der Waals surface area contributed by atoms with Gasteiger partial charge in [0.1, 0.15) is 23.4 Å². The molecular formula is C23H19N3O2S. The molecule has 0 aliphatic carbocycles. The molecule has 6 heteroatoms. The van der Waals surface area contributed by atoms with Crippen LogP contribution in [0.2, 0.25) is 0 Å². The molecule has 0 saturated heterocycles. The van der Waals surface area contributed by atoms with E-state index in [1.165, 1.54) is 0 Å². The number of hydrogen-bond acceptors (Lipinski definition) is 6. The molecule has 5 rings (SSSR count). The van der Waals surface area contributed by atoms with Crippen molar-refractivity contribution in [3.8, 4) is 0 Å². The molecule has 3 aromatic rings. The van der Waals surface area contributed by atoms with Crippen LogP contribution in [0, 0.1) is 5.92 Å². The predicted molar refractivity (Wildman–Crippen MR) is 112 cm³/mol. The number of carbonyl (C=O) groups is 1. The molecule has 1 N–H and O–H groups in total. The maximum absolute atomic E-state index is 11.5. The molecule has 1 unspecified atom stereocenters. The molecule has 0 radical (unpaired) electrons. The Morgan fingerprint density at radius 2 is 1.72 bits per heavy atom. The van der Waals surface area contributed by atoms with Gasteiger partial charge >= 0.3 is 0 Å². The van der Waals surface area contributed by atoms with Crippen molar-refractivity contribution in [2.24, 2.45) is 5.92 Å². The molecule has 0 bridgehead atoms. The van der Waals surface area contributed by atoms with Gasteiger partial charge < -0.3 is 9.90 Å². The minimum absolute atomic E-state index is 0.0409. The number of allylic oxidation sites excluding steroid dienone is 1. The van der Waals surface area contributed by atoms with E-state index in [1.54, 1.807) is 22.9 Å². The van der Waals surface area contributed by atoms with E-state index in [4.69, 9.17) is 0 Å². The van der Waals surface area contributed by atoms with Gasteiger partial charge in [-0.2, -0.15) is 5.01 Å². The summed E-state index contributed by atoms with van der Waals surface area (Å²) in [6.07, 6.45) is 4.35. The lowest BCUT2D eigenvalue weighted by atomic mass is 9.96. The minimum atomic E-state index is -0.650. The molecule has 144 valence electrons. The number of aliphatic hydroxyl groups excluding tert-OH is 1. The van der Waals surface area contributed by atoms with Crippen molar-refractivity contribution in [3.63, 3.8) is 0 Å². The molecule has 0 saturated carbocycles. The maximum atomic E-state index is 11.5. The van der Waals surface area contributed by atoms with Crippen LogP contribution in [0.4, 0.5) is 0 Å². The van der Waals surface area contributed by atoms with E-state index in [0.717, 1.165) is 28.0 Å². The number of aldehydes is 1. The van der Waals surface area contributed by atoms with E-state index in [9.17, 15) is 9.90 Å². The van der Waals surface area contributed by atoms with Crippen molar-refractivity contribution in [1.82, 2.24) is 15.0 Å². The molecule has 1 atom stereocenters. The van der Waals surface area contributed by atoms with E-state index in [1.807, 2.05) is 47.6 Å². The number of fused-ring (bicyclic) bond motifs is 3. The molecule has 0 fully saturated rings. The monoisotopic (exact) mass is 401 g/mol. The molecule has 1 aromatic heterocycles. The second-order valence-electron chi connectivity index (χ2n) is 7.03. The highest BCUT2D eigenvalue weighted by atomic mass is 32.1. The number of hydrazine groups is 1. The van der Waals surface area contributed by atoms with Crippen LogP contribution < -0.4 is 0 Å². The van der Waals surface area contributed by atoms with Crippen LogP contribution >= 0.6 is 11.3 Å². The Kier molecular flexibility index (Phi) is 4.50. The summed E-state index contributed by atoms with van der Waals surface area (Å²) in [4.78, 5) is 17.0. The average molecular weight is 401 g/mol. The van der Waals surface area contributed by atoms with Crippen LogP contribution in [-0.4, -0.2) is 26.4 Å². The normalized spacial score (nSPS) is 18.7. The van der Waals surface area contributed by atoms with Crippen molar-refractivity contribution in [2.75, 3.05) is 0 Å². The SMILES string of the molecule is O=CC1C=CN2C(=C1O)c1ncsc1CN2C(c1ccccc1)c1ccccc1. The molecule has 5 nitrogen and oxygen atoms in total. The third kappa shape index (κ3) is 2.97. The third-order valence-electron chi connectivity index (χ3n) is 5.34. The number of aromatic nitrogens is 1. The van der Waals surface area contributed by atoms with Crippen molar-refractivity contribution < 1.29 is 9.90 Å². The summed E-state index contributed by atoms with van der Waals surface area (Å²) in [5, 5.41) is 15.0. The molecule has 2 aromatic carbocycles. The highest BCUT2D eigenvalue weighted by Crippen LogP contribution is 2.43. The second kappa shape index (κ2) is 7.31. The largest absolute Gasteiger partial charge is 0.509 e. The first-order chi connectivity index (χ1) is 14.3. The van der Waals surface area contributed by atoms with Gasteiger partial charge in [0.15, 0.2) is 0 Å². The molecule has 0 amide bonds.